The largest absolute Gasteiger partial charge is 0.504 e. The van der Waals surface area contributed by atoms with E-state index in [0.717, 1.165) is 29.9 Å². The predicted octanol–water partition coefficient (Wildman–Crippen LogP) is 3.66. The number of phenolic OH excluding ortho intramolecular Hbond substituents is 1. The molecular formula is C20H23NO4. The molecule has 5 heteroatoms. The summed E-state index contributed by atoms with van der Waals surface area (Å²) in [5.74, 6) is 2.05. The zero-order valence-electron chi connectivity index (χ0n) is 14.3. The molecule has 0 bridgehead atoms. The number of carbonyl (C=O) groups is 1. The summed E-state index contributed by atoms with van der Waals surface area (Å²) in [5, 5.41) is 12.9. The first kappa shape index (κ1) is 17.1. The smallest absolute Gasteiger partial charge is 0.162 e. The SMILES string of the molecule is COc1cc(NCCc2cc(OCC3CC3)ccc2C=O)ccc1O. The molecule has 0 radical (unpaired) electrons. The molecule has 2 aromatic rings. The van der Waals surface area contributed by atoms with Crippen molar-refractivity contribution in [1.82, 2.24) is 0 Å². The molecule has 1 aliphatic carbocycles. The zero-order valence-corrected chi connectivity index (χ0v) is 14.3. The molecule has 0 spiro atoms. The molecule has 1 aliphatic rings. The minimum atomic E-state index is 0.108. The van der Waals surface area contributed by atoms with Crippen molar-refractivity contribution in [2.75, 3.05) is 25.6 Å². The number of carbonyl (C=O) groups excluding carboxylic acids is 1. The Morgan fingerprint density at radius 1 is 1.24 bits per heavy atom. The molecule has 3 rings (SSSR count). The fraction of sp³-hybridized carbons (Fsp3) is 0.350. The molecule has 25 heavy (non-hydrogen) atoms. The molecule has 0 aromatic heterocycles. The zero-order chi connectivity index (χ0) is 17.6. The molecule has 2 N–H and O–H groups in total. The highest BCUT2D eigenvalue weighted by atomic mass is 16.5. The van der Waals surface area contributed by atoms with Crippen molar-refractivity contribution in [3.63, 3.8) is 0 Å². The second kappa shape index (κ2) is 7.92. The number of methoxy groups -OCH3 is 1. The summed E-state index contributed by atoms with van der Waals surface area (Å²) in [5.41, 5.74) is 2.49. The van der Waals surface area contributed by atoms with Gasteiger partial charge in [0.05, 0.1) is 13.7 Å². The Bertz CT molecular complexity index is 740. The molecule has 0 atom stereocenters. The van der Waals surface area contributed by atoms with Gasteiger partial charge in [-0.05, 0) is 61.1 Å². The number of ether oxygens (including phenoxy) is 2. The summed E-state index contributed by atoms with van der Waals surface area (Å²) >= 11 is 0. The first-order chi connectivity index (χ1) is 12.2. The van der Waals surface area contributed by atoms with E-state index in [1.807, 2.05) is 18.2 Å². The highest BCUT2D eigenvalue weighted by Crippen LogP contribution is 2.30. The van der Waals surface area contributed by atoms with Crippen LogP contribution in [0.25, 0.3) is 0 Å². The molecule has 132 valence electrons. The maximum atomic E-state index is 11.3. The lowest BCUT2D eigenvalue weighted by molar-refractivity contribution is 0.112. The van der Waals surface area contributed by atoms with E-state index in [1.54, 1.807) is 18.2 Å². The first-order valence-corrected chi connectivity index (χ1v) is 8.51. The molecule has 1 saturated carbocycles. The van der Waals surface area contributed by atoms with E-state index >= 15 is 0 Å². The van der Waals surface area contributed by atoms with Crippen LogP contribution < -0.4 is 14.8 Å². The van der Waals surface area contributed by atoms with Gasteiger partial charge in [0.25, 0.3) is 0 Å². The fourth-order valence-corrected chi connectivity index (χ4v) is 2.63. The third-order valence-corrected chi connectivity index (χ3v) is 4.33. The van der Waals surface area contributed by atoms with Crippen LogP contribution in [0.4, 0.5) is 5.69 Å². The minimum absolute atomic E-state index is 0.108. The van der Waals surface area contributed by atoms with Crippen molar-refractivity contribution in [1.29, 1.82) is 0 Å². The number of hydrogen-bond donors (Lipinski definition) is 2. The Kier molecular flexibility index (Phi) is 5.43. The highest BCUT2D eigenvalue weighted by molar-refractivity contribution is 5.77. The average molecular weight is 341 g/mol. The van der Waals surface area contributed by atoms with Gasteiger partial charge in [0.1, 0.15) is 12.0 Å². The van der Waals surface area contributed by atoms with Gasteiger partial charge >= 0.3 is 0 Å². The van der Waals surface area contributed by atoms with Crippen LogP contribution in [0.15, 0.2) is 36.4 Å². The monoisotopic (exact) mass is 341 g/mol. The van der Waals surface area contributed by atoms with Crippen LogP contribution in [-0.4, -0.2) is 31.7 Å². The Morgan fingerprint density at radius 2 is 2.08 bits per heavy atom. The number of aldehydes is 1. The highest BCUT2D eigenvalue weighted by Gasteiger charge is 2.22. The van der Waals surface area contributed by atoms with E-state index < -0.39 is 0 Å². The molecule has 0 aliphatic heterocycles. The Balaban J connectivity index is 1.60. The van der Waals surface area contributed by atoms with Crippen molar-refractivity contribution in [3.8, 4) is 17.2 Å². The van der Waals surface area contributed by atoms with E-state index in [1.165, 1.54) is 20.0 Å². The predicted molar refractivity (Wildman–Crippen MR) is 96.9 cm³/mol. The van der Waals surface area contributed by atoms with Crippen molar-refractivity contribution in [2.45, 2.75) is 19.3 Å². The van der Waals surface area contributed by atoms with Gasteiger partial charge in [0.2, 0.25) is 0 Å². The van der Waals surface area contributed by atoms with Gasteiger partial charge < -0.3 is 19.9 Å². The van der Waals surface area contributed by atoms with Crippen LogP contribution in [0.2, 0.25) is 0 Å². The third-order valence-electron chi connectivity index (χ3n) is 4.33. The quantitative estimate of drug-likeness (QED) is 0.538. The van der Waals surface area contributed by atoms with Crippen LogP contribution in [0.1, 0.15) is 28.8 Å². The maximum Gasteiger partial charge on any atom is 0.162 e. The summed E-state index contributed by atoms with van der Waals surface area (Å²) in [6, 6.07) is 10.7. The molecular weight excluding hydrogens is 318 g/mol. The normalized spacial score (nSPS) is 13.3. The molecule has 5 nitrogen and oxygen atoms in total. The van der Waals surface area contributed by atoms with E-state index in [9.17, 15) is 9.90 Å². The van der Waals surface area contributed by atoms with E-state index in [-0.39, 0.29) is 5.75 Å². The molecule has 0 unspecified atom stereocenters. The van der Waals surface area contributed by atoms with Crippen LogP contribution in [-0.2, 0) is 6.42 Å². The average Bonchev–Trinajstić information content (AvgIpc) is 3.46. The van der Waals surface area contributed by atoms with Crippen LogP contribution in [0.5, 0.6) is 17.2 Å². The number of aromatic hydroxyl groups is 1. The van der Waals surface area contributed by atoms with E-state index in [0.29, 0.717) is 30.2 Å². The summed E-state index contributed by atoms with van der Waals surface area (Å²) < 4.78 is 10.9. The second-order valence-corrected chi connectivity index (χ2v) is 6.30. The Hall–Kier alpha value is -2.69. The third kappa shape index (κ3) is 4.66. The summed E-state index contributed by atoms with van der Waals surface area (Å²) in [7, 11) is 1.52. The Labute approximate surface area is 147 Å². The fourth-order valence-electron chi connectivity index (χ4n) is 2.63. The van der Waals surface area contributed by atoms with Gasteiger partial charge in [-0.15, -0.1) is 0 Å². The van der Waals surface area contributed by atoms with E-state index in [4.69, 9.17) is 9.47 Å². The van der Waals surface area contributed by atoms with Gasteiger partial charge in [0.15, 0.2) is 11.5 Å². The van der Waals surface area contributed by atoms with Gasteiger partial charge in [0, 0.05) is 23.9 Å². The van der Waals surface area contributed by atoms with E-state index in [2.05, 4.69) is 5.32 Å². The second-order valence-electron chi connectivity index (χ2n) is 6.30. The van der Waals surface area contributed by atoms with Crippen LogP contribution in [0.3, 0.4) is 0 Å². The number of nitrogens with one attached hydrogen (secondary N) is 1. The standard InChI is InChI=1S/C20H23NO4/c1-24-20-11-17(5-7-19(20)23)21-9-8-15-10-18(6-4-16(15)12-22)25-13-14-2-3-14/h4-7,10-12,14,21,23H,2-3,8-9,13H2,1H3. The summed E-state index contributed by atoms with van der Waals surface area (Å²) in [6.45, 7) is 1.41. The molecule has 2 aromatic carbocycles. The van der Waals surface area contributed by atoms with Gasteiger partial charge in [-0.1, -0.05) is 0 Å². The van der Waals surface area contributed by atoms with Crippen molar-refractivity contribution in [2.24, 2.45) is 5.92 Å². The van der Waals surface area contributed by atoms with Gasteiger partial charge in [-0.25, -0.2) is 0 Å². The van der Waals surface area contributed by atoms with Crippen molar-refractivity contribution in [3.05, 3.63) is 47.5 Å². The van der Waals surface area contributed by atoms with Gasteiger partial charge in [-0.2, -0.15) is 0 Å². The van der Waals surface area contributed by atoms with Crippen molar-refractivity contribution < 1.29 is 19.4 Å². The number of rotatable bonds is 9. The van der Waals surface area contributed by atoms with Crippen molar-refractivity contribution >= 4 is 12.0 Å². The molecule has 0 heterocycles. The van der Waals surface area contributed by atoms with Crippen LogP contribution >= 0.6 is 0 Å². The molecule has 0 saturated heterocycles. The number of hydrogen-bond acceptors (Lipinski definition) is 5. The first-order valence-electron chi connectivity index (χ1n) is 8.51. The minimum Gasteiger partial charge on any atom is -0.504 e. The maximum absolute atomic E-state index is 11.3. The lowest BCUT2D eigenvalue weighted by Crippen LogP contribution is -2.07. The van der Waals surface area contributed by atoms with Crippen LogP contribution in [0, 0.1) is 5.92 Å². The number of phenols is 1. The summed E-state index contributed by atoms with van der Waals surface area (Å²) in [4.78, 5) is 11.3. The summed E-state index contributed by atoms with van der Waals surface area (Å²) in [6.07, 6.45) is 4.07. The number of benzene rings is 2. The lowest BCUT2D eigenvalue weighted by Gasteiger charge is -2.12. The molecule has 0 amide bonds. The van der Waals surface area contributed by atoms with Gasteiger partial charge in [-0.3, -0.25) is 4.79 Å². The number of anilines is 1. The Morgan fingerprint density at radius 3 is 2.80 bits per heavy atom. The molecule has 1 fully saturated rings. The topological polar surface area (TPSA) is 67.8 Å². The lowest BCUT2D eigenvalue weighted by atomic mass is 10.0.